The fourth-order valence-corrected chi connectivity index (χ4v) is 1.95. The molecule has 4 nitrogen and oxygen atoms in total. The molecule has 0 aliphatic carbocycles. The Morgan fingerprint density at radius 2 is 2.24 bits per heavy atom. The van der Waals surface area contributed by atoms with Gasteiger partial charge in [-0.05, 0) is 18.6 Å². The zero-order chi connectivity index (χ0) is 12.3. The highest BCUT2D eigenvalue weighted by molar-refractivity contribution is 5.42. The van der Waals surface area contributed by atoms with Gasteiger partial charge in [-0.15, -0.1) is 0 Å². The van der Waals surface area contributed by atoms with Crippen LogP contribution >= 0.6 is 0 Å². The fraction of sp³-hybridized carbons (Fsp3) is 0.308. The van der Waals surface area contributed by atoms with E-state index in [2.05, 4.69) is 16.3 Å². The summed E-state index contributed by atoms with van der Waals surface area (Å²) in [5.41, 5.74) is 9.76. The minimum Gasteiger partial charge on any atom is -0.496 e. The van der Waals surface area contributed by atoms with E-state index in [0.717, 1.165) is 34.7 Å². The molecule has 0 atom stereocenters. The molecule has 2 rings (SSSR count). The Morgan fingerprint density at radius 3 is 2.88 bits per heavy atom. The molecule has 0 amide bonds. The normalized spacial score (nSPS) is 10.5. The number of benzene rings is 1. The van der Waals surface area contributed by atoms with E-state index < -0.39 is 0 Å². The first kappa shape index (κ1) is 11.7. The molecular formula is C13H17N3O. The second kappa shape index (κ2) is 5.01. The molecule has 1 aromatic heterocycles. The molecule has 0 bridgehead atoms. The minimum absolute atomic E-state index is 0.460. The van der Waals surface area contributed by atoms with Gasteiger partial charge in [0.25, 0.3) is 0 Å². The summed E-state index contributed by atoms with van der Waals surface area (Å²) in [6.07, 6.45) is 0.776. The van der Waals surface area contributed by atoms with Gasteiger partial charge in [0.2, 0.25) is 0 Å². The first-order valence-corrected chi connectivity index (χ1v) is 5.60. The third kappa shape index (κ3) is 2.47. The molecule has 2 aromatic rings. The number of methoxy groups -OCH3 is 1. The highest BCUT2D eigenvalue weighted by Crippen LogP contribution is 2.24. The van der Waals surface area contributed by atoms with Crippen LogP contribution < -0.4 is 10.5 Å². The second-order valence-corrected chi connectivity index (χ2v) is 4.03. The lowest BCUT2D eigenvalue weighted by atomic mass is 10.1. The van der Waals surface area contributed by atoms with E-state index in [1.165, 1.54) is 0 Å². The Balaban J connectivity index is 2.26. The Hall–Kier alpha value is -1.81. The van der Waals surface area contributed by atoms with Crippen LogP contribution in [0.2, 0.25) is 0 Å². The van der Waals surface area contributed by atoms with Crippen molar-refractivity contribution in [1.82, 2.24) is 10.2 Å². The molecule has 0 fully saturated rings. The zero-order valence-corrected chi connectivity index (χ0v) is 10.2. The Morgan fingerprint density at radius 1 is 1.41 bits per heavy atom. The Bertz CT molecular complexity index is 505. The summed E-state index contributed by atoms with van der Waals surface area (Å²) in [5.74, 6) is 0.941. The lowest BCUT2D eigenvalue weighted by molar-refractivity contribution is 0.407. The molecule has 0 saturated heterocycles. The van der Waals surface area contributed by atoms with Crippen LogP contribution in [0.3, 0.4) is 0 Å². The van der Waals surface area contributed by atoms with Gasteiger partial charge >= 0.3 is 0 Å². The molecule has 90 valence electrons. The number of nitrogens with one attached hydrogen (secondary N) is 1. The van der Waals surface area contributed by atoms with Crippen LogP contribution in [0.4, 0.5) is 0 Å². The van der Waals surface area contributed by atoms with E-state index in [1.54, 1.807) is 7.11 Å². The SMILES string of the molecule is COc1c(C)cccc1Cc1cc(CN)n[nH]1. The number of hydrogen-bond acceptors (Lipinski definition) is 3. The maximum atomic E-state index is 5.53. The predicted molar refractivity (Wildman–Crippen MR) is 67.0 cm³/mol. The third-order valence-electron chi connectivity index (χ3n) is 2.77. The van der Waals surface area contributed by atoms with Crippen LogP contribution in [0.1, 0.15) is 22.5 Å². The lowest BCUT2D eigenvalue weighted by Gasteiger charge is -2.10. The average molecular weight is 231 g/mol. The summed E-state index contributed by atoms with van der Waals surface area (Å²) in [5, 5.41) is 7.11. The van der Waals surface area contributed by atoms with Crippen molar-refractivity contribution in [2.24, 2.45) is 5.73 Å². The quantitative estimate of drug-likeness (QED) is 0.843. The number of nitrogens with zero attached hydrogens (tertiary/aromatic N) is 1. The van der Waals surface area contributed by atoms with Gasteiger partial charge in [0.1, 0.15) is 5.75 Å². The van der Waals surface area contributed by atoms with Gasteiger partial charge in [0, 0.05) is 24.2 Å². The fourth-order valence-electron chi connectivity index (χ4n) is 1.95. The monoisotopic (exact) mass is 231 g/mol. The van der Waals surface area contributed by atoms with E-state index in [1.807, 2.05) is 25.1 Å². The highest BCUT2D eigenvalue weighted by atomic mass is 16.5. The summed E-state index contributed by atoms with van der Waals surface area (Å²) >= 11 is 0. The predicted octanol–water partition coefficient (Wildman–Crippen LogP) is 1.78. The molecule has 0 aliphatic heterocycles. The van der Waals surface area contributed by atoms with Gasteiger partial charge in [-0.1, -0.05) is 18.2 Å². The van der Waals surface area contributed by atoms with Crippen LogP contribution in [-0.2, 0) is 13.0 Å². The summed E-state index contributed by atoms with van der Waals surface area (Å²) in [7, 11) is 1.70. The molecule has 0 radical (unpaired) electrons. The number of rotatable bonds is 4. The lowest BCUT2D eigenvalue weighted by Crippen LogP contribution is -1.96. The number of para-hydroxylation sites is 1. The van der Waals surface area contributed by atoms with E-state index >= 15 is 0 Å². The zero-order valence-electron chi connectivity index (χ0n) is 10.2. The topological polar surface area (TPSA) is 63.9 Å². The Kier molecular flexibility index (Phi) is 3.44. The highest BCUT2D eigenvalue weighted by Gasteiger charge is 2.08. The van der Waals surface area contributed by atoms with Crippen LogP contribution in [-0.4, -0.2) is 17.3 Å². The van der Waals surface area contributed by atoms with Crippen LogP contribution in [0, 0.1) is 6.92 Å². The van der Waals surface area contributed by atoms with Gasteiger partial charge in [-0.3, -0.25) is 5.10 Å². The summed E-state index contributed by atoms with van der Waals surface area (Å²) in [6, 6.07) is 8.13. The molecule has 1 aromatic carbocycles. The first-order valence-electron chi connectivity index (χ1n) is 5.60. The third-order valence-corrected chi connectivity index (χ3v) is 2.77. The maximum absolute atomic E-state index is 5.53. The van der Waals surface area contributed by atoms with Crippen molar-refractivity contribution in [1.29, 1.82) is 0 Å². The Labute approximate surface area is 101 Å². The number of aromatic nitrogens is 2. The summed E-state index contributed by atoms with van der Waals surface area (Å²) in [4.78, 5) is 0. The van der Waals surface area contributed by atoms with Gasteiger partial charge in [-0.25, -0.2) is 0 Å². The minimum atomic E-state index is 0.460. The smallest absolute Gasteiger partial charge is 0.125 e. The molecule has 4 heteroatoms. The number of hydrogen-bond donors (Lipinski definition) is 2. The number of nitrogens with two attached hydrogens (primary N) is 1. The van der Waals surface area contributed by atoms with Crippen molar-refractivity contribution >= 4 is 0 Å². The van der Waals surface area contributed by atoms with Crippen molar-refractivity contribution in [3.8, 4) is 5.75 Å². The standard InChI is InChI=1S/C13H17N3O/c1-9-4-3-5-10(13(9)17-2)6-11-7-12(8-14)16-15-11/h3-5,7H,6,8,14H2,1-2H3,(H,15,16). The van der Waals surface area contributed by atoms with Crippen molar-refractivity contribution in [2.45, 2.75) is 19.9 Å². The first-order chi connectivity index (χ1) is 8.24. The molecule has 1 heterocycles. The molecule has 0 aliphatic rings. The van der Waals surface area contributed by atoms with E-state index in [9.17, 15) is 0 Å². The van der Waals surface area contributed by atoms with Crippen LogP contribution in [0.25, 0.3) is 0 Å². The maximum Gasteiger partial charge on any atom is 0.125 e. The van der Waals surface area contributed by atoms with Crippen LogP contribution in [0.5, 0.6) is 5.75 Å². The number of aromatic amines is 1. The molecule has 0 spiro atoms. The van der Waals surface area contributed by atoms with Gasteiger partial charge in [0.05, 0.1) is 12.8 Å². The van der Waals surface area contributed by atoms with Crippen molar-refractivity contribution in [2.75, 3.05) is 7.11 Å². The van der Waals surface area contributed by atoms with Gasteiger partial charge < -0.3 is 10.5 Å². The number of ether oxygens (including phenoxy) is 1. The van der Waals surface area contributed by atoms with Crippen molar-refractivity contribution in [3.63, 3.8) is 0 Å². The molecule has 3 N–H and O–H groups in total. The van der Waals surface area contributed by atoms with E-state index in [-0.39, 0.29) is 0 Å². The van der Waals surface area contributed by atoms with Crippen LogP contribution in [0.15, 0.2) is 24.3 Å². The molecular weight excluding hydrogens is 214 g/mol. The van der Waals surface area contributed by atoms with Gasteiger partial charge in [-0.2, -0.15) is 5.10 Å². The van der Waals surface area contributed by atoms with Gasteiger partial charge in [0.15, 0.2) is 0 Å². The second-order valence-electron chi connectivity index (χ2n) is 4.03. The number of aryl methyl sites for hydroxylation is 1. The van der Waals surface area contributed by atoms with Crippen molar-refractivity contribution in [3.05, 3.63) is 46.8 Å². The molecule has 17 heavy (non-hydrogen) atoms. The van der Waals surface area contributed by atoms with E-state index in [4.69, 9.17) is 10.5 Å². The van der Waals surface area contributed by atoms with E-state index in [0.29, 0.717) is 6.54 Å². The molecule has 0 unspecified atom stereocenters. The summed E-state index contributed by atoms with van der Waals surface area (Å²) in [6.45, 7) is 2.50. The summed E-state index contributed by atoms with van der Waals surface area (Å²) < 4.78 is 5.42. The van der Waals surface area contributed by atoms with Crippen molar-refractivity contribution < 1.29 is 4.74 Å². The molecule has 0 saturated carbocycles. The average Bonchev–Trinajstić information content (AvgIpc) is 2.77. The largest absolute Gasteiger partial charge is 0.496 e. The number of H-pyrrole nitrogens is 1.